The molecular weight excluding hydrogens is 681 g/mol. The van der Waals surface area contributed by atoms with Crippen molar-refractivity contribution in [2.75, 3.05) is 6.61 Å². The van der Waals surface area contributed by atoms with Crippen LogP contribution in [0, 0.1) is 3.57 Å². The zero-order valence-electron chi connectivity index (χ0n) is 20.7. The smallest absolute Gasteiger partial charge is 0.344 e. The molecule has 0 unspecified atom stereocenters. The number of para-hydroxylation sites is 1. The number of nitrogens with zero attached hydrogens (tertiary/aromatic N) is 3. The number of ether oxygens (including phenoxy) is 2. The summed E-state index contributed by atoms with van der Waals surface area (Å²) < 4.78 is 20.1. The number of carbonyl (C=O) groups is 1. The molecule has 0 saturated carbocycles. The van der Waals surface area contributed by atoms with Crippen LogP contribution in [0.5, 0.6) is 11.5 Å². The van der Waals surface area contributed by atoms with Gasteiger partial charge >= 0.3 is 5.97 Å². The van der Waals surface area contributed by atoms with E-state index in [1.165, 1.54) is 17.8 Å². The summed E-state index contributed by atoms with van der Waals surface area (Å²) in [4.78, 5) is 29.6. The van der Waals surface area contributed by atoms with Crippen molar-refractivity contribution in [2.24, 2.45) is 5.10 Å². The van der Waals surface area contributed by atoms with E-state index in [2.05, 4.69) is 21.0 Å². The van der Waals surface area contributed by atoms with Gasteiger partial charge in [-0.15, -0.1) is 0 Å². The fraction of sp³-hybridized carbons (Fsp3) is 0.143. The molecule has 0 aliphatic rings. The van der Waals surface area contributed by atoms with Crippen molar-refractivity contribution in [2.45, 2.75) is 20.0 Å². The molecule has 3 aromatic carbocycles. The molecular formula is C28H21BrIN3O6. The van der Waals surface area contributed by atoms with Gasteiger partial charge in [0.2, 0.25) is 5.82 Å². The van der Waals surface area contributed by atoms with Crippen molar-refractivity contribution in [3.05, 3.63) is 84.6 Å². The summed E-state index contributed by atoms with van der Waals surface area (Å²) in [5.74, 6) is 0.234. The summed E-state index contributed by atoms with van der Waals surface area (Å²) in [6.45, 7) is 3.60. The molecule has 2 aromatic heterocycles. The molecule has 1 atom stereocenters. The zero-order chi connectivity index (χ0) is 27.7. The van der Waals surface area contributed by atoms with E-state index in [-0.39, 0.29) is 11.4 Å². The van der Waals surface area contributed by atoms with Crippen LogP contribution >= 0.6 is 38.5 Å². The van der Waals surface area contributed by atoms with Gasteiger partial charge in [0.15, 0.2) is 23.4 Å². The number of aliphatic carboxylic acids is 1. The van der Waals surface area contributed by atoms with Crippen molar-refractivity contribution >= 4 is 72.6 Å². The van der Waals surface area contributed by atoms with E-state index in [9.17, 15) is 14.7 Å². The first-order valence-corrected chi connectivity index (χ1v) is 13.7. The largest absolute Gasteiger partial charge is 0.490 e. The van der Waals surface area contributed by atoms with Gasteiger partial charge in [0, 0.05) is 9.86 Å². The molecule has 5 rings (SSSR count). The summed E-state index contributed by atoms with van der Waals surface area (Å²) in [5.41, 5.74) is 1.42. The fourth-order valence-corrected chi connectivity index (χ4v) is 5.04. The number of carboxylic acids is 1. The number of carboxylic acid groups (broad SMARTS) is 1. The molecule has 1 N–H and O–H groups in total. The van der Waals surface area contributed by atoms with Crippen LogP contribution in [0.2, 0.25) is 0 Å². The van der Waals surface area contributed by atoms with Gasteiger partial charge in [-0.05, 0) is 90.5 Å². The zero-order valence-corrected chi connectivity index (χ0v) is 24.5. The second-order valence-electron chi connectivity index (χ2n) is 8.47. The fourth-order valence-electron chi connectivity index (χ4n) is 3.91. The Morgan fingerprint density at radius 2 is 2.03 bits per heavy atom. The molecule has 5 aromatic rings. The molecule has 39 heavy (non-hydrogen) atoms. The molecule has 0 aliphatic carbocycles. The van der Waals surface area contributed by atoms with E-state index >= 15 is 0 Å². The van der Waals surface area contributed by atoms with Crippen LogP contribution in [0.1, 0.15) is 19.4 Å². The number of furan rings is 1. The first kappa shape index (κ1) is 26.9. The molecule has 2 heterocycles. The minimum Gasteiger partial charge on any atom is -0.490 e. The Morgan fingerprint density at radius 1 is 1.23 bits per heavy atom. The molecule has 0 amide bonds. The number of halogens is 2. The third-order valence-corrected chi connectivity index (χ3v) is 7.04. The van der Waals surface area contributed by atoms with Gasteiger partial charge in [0.25, 0.3) is 5.56 Å². The Labute approximate surface area is 244 Å². The van der Waals surface area contributed by atoms with Crippen molar-refractivity contribution < 1.29 is 23.8 Å². The van der Waals surface area contributed by atoms with Crippen molar-refractivity contribution in [1.29, 1.82) is 0 Å². The summed E-state index contributed by atoms with van der Waals surface area (Å²) in [6.07, 6.45) is 0.446. The molecule has 0 radical (unpaired) electrons. The van der Waals surface area contributed by atoms with Gasteiger partial charge in [-0.2, -0.15) is 9.78 Å². The van der Waals surface area contributed by atoms with Crippen LogP contribution in [0.4, 0.5) is 0 Å². The summed E-state index contributed by atoms with van der Waals surface area (Å²) in [6, 6.07) is 17.9. The van der Waals surface area contributed by atoms with Crippen LogP contribution in [0.15, 0.2) is 79.4 Å². The van der Waals surface area contributed by atoms with E-state index < -0.39 is 12.1 Å². The maximum absolute atomic E-state index is 13.5. The molecule has 0 saturated heterocycles. The SMILES string of the molecule is CCOc1cc(C=Nn2c(-c3cc4cc(Br)ccc4o3)nc3ccccc3c2=O)cc(I)c1O[C@H](C)C(=O)O. The maximum atomic E-state index is 13.5. The number of hydrogen-bond acceptors (Lipinski definition) is 7. The lowest BCUT2D eigenvalue weighted by atomic mass is 10.2. The van der Waals surface area contributed by atoms with Crippen molar-refractivity contribution in [1.82, 2.24) is 9.66 Å². The van der Waals surface area contributed by atoms with Gasteiger partial charge in [0.1, 0.15) is 5.58 Å². The van der Waals surface area contributed by atoms with E-state index in [0.717, 1.165) is 9.86 Å². The maximum Gasteiger partial charge on any atom is 0.344 e. The molecule has 198 valence electrons. The predicted molar refractivity (Wildman–Crippen MR) is 160 cm³/mol. The third kappa shape index (κ3) is 5.55. The van der Waals surface area contributed by atoms with Gasteiger partial charge in [0.05, 0.1) is 27.3 Å². The Kier molecular flexibility index (Phi) is 7.71. The van der Waals surface area contributed by atoms with Gasteiger partial charge < -0.3 is 19.0 Å². The number of hydrogen-bond donors (Lipinski definition) is 1. The van der Waals surface area contributed by atoms with E-state index in [4.69, 9.17) is 18.9 Å². The number of rotatable bonds is 8. The highest BCUT2D eigenvalue weighted by molar-refractivity contribution is 14.1. The highest BCUT2D eigenvalue weighted by Crippen LogP contribution is 2.35. The van der Waals surface area contributed by atoms with Crippen LogP contribution in [-0.2, 0) is 4.79 Å². The number of benzene rings is 3. The molecule has 11 heteroatoms. The molecule has 0 bridgehead atoms. The standard InChI is InChI=1S/C28H21BrIN3O6/c1-3-37-23-11-16(10-20(30)25(23)38-15(2)28(35)36)14-31-33-26(32-21-7-5-4-6-19(21)27(33)34)24-13-17-12-18(29)8-9-22(17)39-24/h4-15H,3H2,1-2H3,(H,35,36)/t15-/m1/s1. The van der Waals surface area contributed by atoms with Crippen LogP contribution in [0.3, 0.4) is 0 Å². The predicted octanol–water partition coefficient (Wildman–Crippen LogP) is 6.31. The first-order chi connectivity index (χ1) is 18.7. The lowest BCUT2D eigenvalue weighted by Gasteiger charge is -2.17. The number of aromatic nitrogens is 2. The average Bonchev–Trinajstić information content (AvgIpc) is 3.33. The van der Waals surface area contributed by atoms with Gasteiger partial charge in [-0.25, -0.2) is 9.78 Å². The van der Waals surface area contributed by atoms with E-state index in [1.54, 1.807) is 30.3 Å². The van der Waals surface area contributed by atoms with E-state index in [1.807, 2.05) is 59.8 Å². The van der Waals surface area contributed by atoms with Crippen LogP contribution in [0.25, 0.3) is 33.5 Å². The quantitative estimate of drug-likeness (QED) is 0.149. The summed E-state index contributed by atoms with van der Waals surface area (Å²) in [7, 11) is 0. The first-order valence-electron chi connectivity index (χ1n) is 11.9. The van der Waals surface area contributed by atoms with Crippen molar-refractivity contribution in [3.8, 4) is 23.1 Å². The Balaban J connectivity index is 1.63. The highest BCUT2D eigenvalue weighted by atomic mass is 127. The molecule has 0 fully saturated rings. The average molecular weight is 702 g/mol. The minimum atomic E-state index is -1.09. The third-order valence-electron chi connectivity index (χ3n) is 5.75. The summed E-state index contributed by atoms with van der Waals surface area (Å²) >= 11 is 5.52. The van der Waals surface area contributed by atoms with E-state index in [0.29, 0.717) is 49.5 Å². The second-order valence-corrected chi connectivity index (χ2v) is 10.5. The normalized spacial score (nSPS) is 12.3. The Morgan fingerprint density at radius 3 is 2.79 bits per heavy atom. The number of fused-ring (bicyclic) bond motifs is 2. The Hall–Kier alpha value is -3.71. The molecule has 0 spiro atoms. The minimum absolute atomic E-state index is 0.247. The topological polar surface area (TPSA) is 116 Å². The van der Waals surface area contributed by atoms with Crippen molar-refractivity contribution in [3.63, 3.8) is 0 Å². The molecule has 0 aliphatic heterocycles. The lowest BCUT2D eigenvalue weighted by molar-refractivity contribution is -0.144. The van der Waals surface area contributed by atoms with Gasteiger partial charge in [-0.1, -0.05) is 28.1 Å². The second kappa shape index (κ2) is 11.2. The monoisotopic (exact) mass is 701 g/mol. The van der Waals surface area contributed by atoms with Gasteiger partial charge in [-0.3, -0.25) is 4.79 Å². The summed E-state index contributed by atoms with van der Waals surface area (Å²) in [5, 5.41) is 15.0. The molecule has 9 nitrogen and oxygen atoms in total. The lowest BCUT2D eigenvalue weighted by Crippen LogP contribution is -2.23. The Bertz CT molecular complexity index is 1810. The van der Waals surface area contributed by atoms with Crippen LogP contribution in [-0.4, -0.2) is 39.7 Å². The highest BCUT2D eigenvalue weighted by Gasteiger charge is 2.20. The van der Waals surface area contributed by atoms with Crippen LogP contribution < -0.4 is 15.0 Å².